The largest absolute Gasteiger partial charge is 0.419 e. The molecule has 1 aliphatic rings. The zero-order valence-electron chi connectivity index (χ0n) is 14.1. The number of rotatable bonds is 2. The lowest BCUT2D eigenvalue weighted by Crippen LogP contribution is -2.35. The zero-order chi connectivity index (χ0) is 19.6. The van der Waals surface area contributed by atoms with E-state index in [0.717, 1.165) is 6.07 Å². The Morgan fingerprint density at radius 3 is 2.48 bits per heavy atom. The normalized spacial score (nSPS) is 15.6. The molecule has 144 valence electrons. The van der Waals surface area contributed by atoms with Gasteiger partial charge in [0.1, 0.15) is 5.82 Å². The lowest BCUT2D eigenvalue weighted by molar-refractivity contribution is -0.140. The number of hydrogen-bond donors (Lipinski definition) is 0. The summed E-state index contributed by atoms with van der Waals surface area (Å²) >= 11 is 0. The lowest BCUT2D eigenvalue weighted by atomic mass is 10.1. The van der Waals surface area contributed by atoms with Gasteiger partial charge in [-0.15, -0.1) is 0 Å². The van der Waals surface area contributed by atoms with Crippen molar-refractivity contribution >= 4 is 11.7 Å². The molecule has 4 nitrogen and oxygen atoms in total. The van der Waals surface area contributed by atoms with Gasteiger partial charge >= 0.3 is 6.18 Å². The van der Waals surface area contributed by atoms with Crippen LogP contribution in [0.5, 0.6) is 0 Å². The van der Waals surface area contributed by atoms with Crippen LogP contribution in [0.2, 0.25) is 0 Å². The smallest absolute Gasteiger partial charge is 0.352 e. The second-order valence-electron chi connectivity index (χ2n) is 6.13. The molecular weight excluding hydrogens is 369 g/mol. The van der Waals surface area contributed by atoms with Crippen LogP contribution in [-0.2, 0) is 6.18 Å². The van der Waals surface area contributed by atoms with Gasteiger partial charge in [0.25, 0.3) is 5.91 Å². The van der Waals surface area contributed by atoms with Gasteiger partial charge in [0.2, 0.25) is 0 Å². The second-order valence-corrected chi connectivity index (χ2v) is 6.13. The molecule has 0 bridgehead atoms. The Labute approximate surface area is 152 Å². The van der Waals surface area contributed by atoms with E-state index in [9.17, 15) is 26.7 Å². The van der Waals surface area contributed by atoms with Crippen LogP contribution in [0.1, 0.15) is 22.3 Å². The first-order chi connectivity index (χ1) is 12.8. The summed E-state index contributed by atoms with van der Waals surface area (Å²) in [6.07, 6.45) is -2.93. The third-order valence-electron chi connectivity index (χ3n) is 4.34. The van der Waals surface area contributed by atoms with Crippen molar-refractivity contribution in [2.75, 3.05) is 31.1 Å². The third-order valence-corrected chi connectivity index (χ3v) is 4.34. The molecule has 0 unspecified atom stereocenters. The van der Waals surface area contributed by atoms with E-state index in [1.807, 2.05) is 0 Å². The van der Waals surface area contributed by atoms with Crippen LogP contribution in [-0.4, -0.2) is 42.0 Å². The number of alkyl halides is 3. The Morgan fingerprint density at radius 2 is 1.78 bits per heavy atom. The van der Waals surface area contributed by atoms with Crippen LogP contribution in [0.4, 0.5) is 27.8 Å². The molecule has 1 amide bonds. The van der Waals surface area contributed by atoms with Gasteiger partial charge in [-0.2, -0.15) is 13.2 Å². The number of pyridine rings is 1. The minimum Gasteiger partial charge on any atom is -0.352 e. The fourth-order valence-electron chi connectivity index (χ4n) is 3.00. The highest BCUT2D eigenvalue weighted by Crippen LogP contribution is 2.32. The molecule has 1 aromatic carbocycles. The summed E-state index contributed by atoms with van der Waals surface area (Å²) in [5, 5.41) is 0. The van der Waals surface area contributed by atoms with Crippen LogP contribution in [0.25, 0.3) is 0 Å². The van der Waals surface area contributed by atoms with Crippen molar-refractivity contribution in [1.82, 2.24) is 9.88 Å². The van der Waals surface area contributed by atoms with Gasteiger partial charge in [-0.25, -0.2) is 13.8 Å². The molecule has 2 heterocycles. The molecule has 0 aliphatic carbocycles. The monoisotopic (exact) mass is 385 g/mol. The molecule has 0 N–H and O–H groups in total. The molecule has 1 fully saturated rings. The summed E-state index contributed by atoms with van der Waals surface area (Å²) < 4.78 is 65.9. The standard InChI is InChI=1S/C18H16F5N3O/c19-14-5-4-12(11-13(14)18(21,22)23)17(27)26-8-2-7-25(9-10-26)16-15(20)3-1-6-24-16/h1,3-6,11H,2,7-10H2. The minimum atomic E-state index is -4.88. The minimum absolute atomic E-state index is 0.174. The Kier molecular flexibility index (Phi) is 5.29. The quantitative estimate of drug-likeness (QED) is 0.740. The number of carbonyl (C=O) groups is 1. The number of carbonyl (C=O) groups excluding carboxylic acids is 1. The highest BCUT2D eigenvalue weighted by atomic mass is 19.4. The topological polar surface area (TPSA) is 36.4 Å². The van der Waals surface area contributed by atoms with Gasteiger partial charge in [0.05, 0.1) is 5.56 Å². The van der Waals surface area contributed by atoms with E-state index in [2.05, 4.69) is 4.98 Å². The van der Waals surface area contributed by atoms with Crippen molar-refractivity contribution in [3.8, 4) is 0 Å². The number of nitrogens with zero attached hydrogens (tertiary/aromatic N) is 3. The van der Waals surface area contributed by atoms with Gasteiger partial charge in [0, 0.05) is 37.9 Å². The van der Waals surface area contributed by atoms with E-state index in [1.54, 1.807) is 4.90 Å². The summed E-state index contributed by atoms with van der Waals surface area (Å²) in [4.78, 5) is 19.7. The maximum absolute atomic E-state index is 13.9. The number of hydrogen-bond acceptors (Lipinski definition) is 3. The van der Waals surface area contributed by atoms with E-state index in [-0.39, 0.29) is 24.5 Å². The highest BCUT2D eigenvalue weighted by molar-refractivity contribution is 5.94. The first-order valence-corrected chi connectivity index (χ1v) is 8.29. The Balaban J connectivity index is 1.76. The van der Waals surface area contributed by atoms with Gasteiger partial charge in [-0.05, 0) is 36.8 Å². The van der Waals surface area contributed by atoms with E-state index >= 15 is 0 Å². The van der Waals surface area contributed by atoms with Crippen molar-refractivity contribution in [3.05, 3.63) is 59.3 Å². The van der Waals surface area contributed by atoms with Gasteiger partial charge < -0.3 is 9.80 Å². The molecular formula is C18H16F5N3O. The van der Waals surface area contributed by atoms with Gasteiger partial charge in [-0.1, -0.05) is 0 Å². The number of anilines is 1. The van der Waals surface area contributed by atoms with E-state index in [0.29, 0.717) is 31.6 Å². The lowest BCUT2D eigenvalue weighted by Gasteiger charge is -2.23. The van der Waals surface area contributed by atoms with Crippen LogP contribution >= 0.6 is 0 Å². The number of amides is 1. The molecule has 2 aromatic rings. The summed E-state index contributed by atoms with van der Waals surface area (Å²) in [5.74, 6) is -2.35. The molecule has 0 radical (unpaired) electrons. The maximum atomic E-state index is 13.9. The van der Waals surface area contributed by atoms with Crippen molar-refractivity contribution in [3.63, 3.8) is 0 Å². The average Bonchev–Trinajstić information content (AvgIpc) is 2.87. The third kappa shape index (κ3) is 4.17. The van der Waals surface area contributed by atoms with Crippen molar-refractivity contribution < 1.29 is 26.7 Å². The molecule has 0 atom stereocenters. The molecule has 1 aliphatic heterocycles. The van der Waals surface area contributed by atoms with Crippen LogP contribution in [0, 0.1) is 11.6 Å². The van der Waals surface area contributed by atoms with Crippen molar-refractivity contribution in [2.24, 2.45) is 0 Å². The Morgan fingerprint density at radius 1 is 1.00 bits per heavy atom. The molecule has 1 aromatic heterocycles. The highest BCUT2D eigenvalue weighted by Gasteiger charge is 2.35. The molecule has 1 saturated heterocycles. The Hall–Kier alpha value is -2.71. The number of benzene rings is 1. The summed E-state index contributed by atoms with van der Waals surface area (Å²) in [7, 11) is 0. The SMILES string of the molecule is O=C(c1ccc(F)c(C(F)(F)F)c1)N1CCCN(c2ncccc2F)CC1. The summed E-state index contributed by atoms with van der Waals surface area (Å²) in [6, 6.07) is 4.96. The fourth-order valence-corrected chi connectivity index (χ4v) is 3.00. The molecule has 0 saturated carbocycles. The molecule has 0 spiro atoms. The van der Waals surface area contributed by atoms with Crippen LogP contribution < -0.4 is 4.90 Å². The molecule has 9 heteroatoms. The van der Waals surface area contributed by atoms with E-state index < -0.39 is 29.3 Å². The van der Waals surface area contributed by atoms with Crippen molar-refractivity contribution in [1.29, 1.82) is 0 Å². The fraction of sp³-hybridized carbons (Fsp3) is 0.333. The summed E-state index contributed by atoms with van der Waals surface area (Å²) in [5.41, 5.74) is -1.71. The van der Waals surface area contributed by atoms with Gasteiger partial charge in [0.15, 0.2) is 11.6 Å². The average molecular weight is 385 g/mol. The molecule has 3 rings (SSSR count). The number of aromatic nitrogens is 1. The van der Waals surface area contributed by atoms with Crippen LogP contribution in [0.3, 0.4) is 0 Å². The predicted octanol–water partition coefficient (Wildman–Crippen LogP) is 3.73. The predicted molar refractivity (Wildman–Crippen MR) is 88.3 cm³/mol. The number of halogens is 5. The van der Waals surface area contributed by atoms with Crippen molar-refractivity contribution in [2.45, 2.75) is 12.6 Å². The second kappa shape index (κ2) is 7.50. The summed E-state index contributed by atoms with van der Waals surface area (Å²) in [6.45, 7) is 1.22. The zero-order valence-corrected chi connectivity index (χ0v) is 14.1. The first-order valence-electron chi connectivity index (χ1n) is 8.29. The first kappa shape index (κ1) is 19.1. The Bertz CT molecular complexity index is 840. The van der Waals surface area contributed by atoms with E-state index in [1.165, 1.54) is 23.2 Å². The van der Waals surface area contributed by atoms with Gasteiger partial charge in [-0.3, -0.25) is 4.79 Å². The van der Waals surface area contributed by atoms with Crippen LogP contribution in [0.15, 0.2) is 36.5 Å². The van der Waals surface area contributed by atoms with E-state index in [4.69, 9.17) is 0 Å². The maximum Gasteiger partial charge on any atom is 0.419 e. The molecule has 27 heavy (non-hydrogen) atoms.